The van der Waals surface area contributed by atoms with Gasteiger partial charge in [-0.15, -0.1) is 0 Å². The number of para-hydroxylation sites is 2. The van der Waals surface area contributed by atoms with Crippen LogP contribution in [0.5, 0.6) is 5.75 Å². The van der Waals surface area contributed by atoms with Crippen LogP contribution >= 0.6 is 0 Å². The van der Waals surface area contributed by atoms with E-state index in [1.165, 1.54) is 0 Å². The summed E-state index contributed by atoms with van der Waals surface area (Å²) in [6.07, 6.45) is 2.31. The number of guanidine groups is 1. The molecule has 1 aromatic rings. The normalized spacial score (nSPS) is 16.0. The molecule has 1 fully saturated rings. The molecule has 16 heavy (non-hydrogen) atoms. The summed E-state index contributed by atoms with van der Waals surface area (Å²) >= 11 is 0. The number of hydrogen-bond donors (Lipinski definition) is 1. The van der Waals surface area contributed by atoms with E-state index < -0.39 is 0 Å². The van der Waals surface area contributed by atoms with Gasteiger partial charge in [0.1, 0.15) is 5.75 Å². The fraction of sp³-hybridized carbons (Fsp3) is 0.417. The van der Waals surface area contributed by atoms with Crippen LogP contribution in [0.4, 0.5) is 5.69 Å². The average Bonchev–Trinajstić information content (AvgIpc) is 3.11. The summed E-state index contributed by atoms with van der Waals surface area (Å²) in [6.45, 7) is 0. The molecule has 0 aliphatic heterocycles. The Hall–Kier alpha value is -1.71. The highest BCUT2D eigenvalue weighted by molar-refractivity contribution is 5.95. The van der Waals surface area contributed by atoms with Gasteiger partial charge in [0.15, 0.2) is 5.96 Å². The van der Waals surface area contributed by atoms with Crippen molar-refractivity contribution in [2.45, 2.75) is 18.9 Å². The Morgan fingerprint density at radius 2 is 2.12 bits per heavy atom. The van der Waals surface area contributed by atoms with E-state index in [4.69, 9.17) is 10.5 Å². The highest BCUT2D eigenvalue weighted by Gasteiger charge is 2.22. The van der Waals surface area contributed by atoms with Crippen molar-refractivity contribution >= 4 is 11.6 Å². The van der Waals surface area contributed by atoms with E-state index >= 15 is 0 Å². The molecule has 4 nitrogen and oxygen atoms in total. The number of benzene rings is 1. The second-order valence-electron chi connectivity index (χ2n) is 3.95. The van der Waals surface area contributed by atoms with Gasteiger partial charge >= 0.3 is 0 Å². The monoisotopic (exact) mass is 219 g/mol. The Morgan fingerprint density at radius 1 is 1.44 bits per heavy atom. The predicted molar refractivity (Wildman–Crippen MR) is 66.0 cm³/mol. The molecule has 0 radical (unpaired) electrons. The highest BCUT2D eigenvalue weighted by Crippen LogP contribution is 2.28. The molecule has 0 aromatic heterocycles. The van der Waals surface area contributed by atoms with E-state index in [9.17, 15) is 0 Å². The Morgan fingerprint density at radius 3 is 2.75 bits per heavy atom. The van der Waals surface area contributed by atoms with Crippen molar-refractivity contribution in [2.24, 2.45) is 10.7 Å². The van der Waals surface area contributed by atoms with Crippen LogP contribution in [0, 0.1) is 0 Å². The molecule has 0 atom stereocenters. The van der Waals surface area contributed by atoms with Gasteiger partial charge in [-0.2, -0.15) is 0 Å². The summed E-state index contributed by atoms with van der Waals surface area (Å²) in [5, 5.41) is 0. The van der Waals surface area contributed by atoms with Crippen molar-refractivity contribution in [2.75, 3.05) is 19.1 Å². The number of anilines is 1. The summed E-state index contributed by atoms with van der Waals surface area (Å²) in [7, 11) is 3.56. The Balaban J connectivity index is 2.21. The number of methoxy groups -OCH3 is 1. The third-order valence-corrected chi connectivity index (χ3v) is 2.65. The minimum atomic E-state index is 0.428. The van der Waals surface area contributed by atoms with Gasteiger partial charge in [-0.05, 0) is 25.0 Å². The van der Waals surface area contributed by atoms with Crippen LogP contribution in [0.15, 0.2) is 29.3 Å². The van der Waals surface area contributed by atoms with Gasteiger partial charge in [-0.25, -0.2) is 4.99 Å². The van der Waals surface area contributed by atoms with Crippen LogP contribution < -0.4 is 15.4 Å². The minimum absolute atomic E-state index is 0.428. The first-order valence-corrected chi connectivity index (χ1v) is 5.42. The van der Waals surface area contributed by atoms with E-state index in [0.29, 0.717) is 12.0 Å². The quantitative estimate of drug-likeness (QED) is 0.620. The molecular formula is C12H17N3O. The number of nitrogens with two attached hydrogens (primary N) is 1. The number of nitrogens with zero attached hydrogens (tertiary/aromatic N) is 2. The molecule has 0 heterocycles. The number of ether oxygens (including phenoxy) is 1. The third-order valence-electron chi connectivity index (χ3n) is 2.65. The van der Waals surface area contributed by atoms with Crippen molar-refractivity contribution < 1.29 is 4.74 Å². The number of rotatable bonds is 3. The van der Waals surface area contributed by atoms with Gasteiger partial charge in [0.2, 0.25) is 0 Å². The molecule has 0 unspecified atom stereocenters. The van der Waals surface area contributed by atoms with Crippen LogP contribution in [-0.2, 0) is 0 Å². The lowest BCUT2D eigenvalue weighted by atomic mass is 10.3. The molecule has 0 spiro atoms. The Labute approximate surface area is 95.7 Å². The van der Waals surface area contributed by atoms with E-state index in [-0.39, 0.29) is 0 Å². The molecule has 1 aliphatic carbocycles. The van der Waals surface area contributed by atoms with Crippen LogP contribution in [0.3, 0.4) is 0 Å². The maximum absolute atomic E-state index is 5.93. The molecule has 1 aliphatic rings. The fourth-order valence-electron chi connectivity index (χ4n) is 1.51. The largest absolute Gasteiger partial charge is 0.495 e. The van der Waals surface area contributed by atoms with Crippen LogP contribution in [0.1, 0.15) is 12.8 Å². The molecule has 0 amide bonds. The predicted octanol–water partition coefficient (Wildman–Crippen LogP) is 1.61. The first-order valence-electron chi connectivity index (χ1n) is 5.42. The smallest absolute Gasteiger partial charge is 0.195 e. The molecule has 1 aromatic carbocycles. The molecule has 2 rings (SSSR count). The second-order valence-corrected chi connectivity index (χ2v) is 3.95. The number of aliphatic imine (C=N–C) groups is 1. The van der Waals surface area contributed by atoms with E-state index in [2.05, 4.69) is 4.99 Å². The summed E-state index contributed by atoms with van der Waals surface area (Å²) in [4.78, 5) is 6.26. The summed E-state index contributed by atoms with van der Waals surface area (Å²) in [5.74, 6) is 1.35. The SMILES string of the molecule is COc1ccccc1N(C)C(N)=NC1CC1. The minimum Gasteiger partial charge on any atom is -0.495 e. The maximum Gasteiger partial charge on any atom is 0.195 e. The Bertz CT molecular complexity index is 399. The number of hydrogen-bond acceptors (Lipinski definition) is 2. The standard InChI is InChI=1S/C12H17N3O/c1-15(12(13)14-9-7-8-9)10-5-3-4-6-11(10)16-2/h3-6,9H,7-8H2,1-2H3,(H2,13,14). The lowest BCUT2D eigenvalue weighted by Gasteiger charge is -2.20. The first kappa shape index (κ1) is 10.8. The molecule has 0 bridgehead atoms. The zero-order chi connectivity index (χ0) is 11.5. The van der Waals surface area contributed by atoms with E-state index in [1.54, 1.807) is 7.11 Å². The molecule has 86 valence electrons. The van der Waals surface area contributed by atoms with Crippen molar-refractivity contribution in [3.63, 3.8) is 0 Å². The lowest BCUT2D eigenvalue weighted by Crippen LogP contribution is -2.34. The molecule has 0 saturated heterocycles. The van der Waals surface area contributed by atoms with Gasteiger partial charge in [0, 0.05) is 7.05 Å². The van der Waals surface area contributed by atoms with Gasteiger partial charge in [0.05, 0.1) is 18.8 Å². The first-order chi connectivity index (χ1) is 7.72. The Kier molecular flexibility index (Phi) is 2.99. The van der Waals surface area contributed by atoms with Gasteiger partial charge in [0.25, 0.3) is 0 Å². The van der Waals surface area contributed by atoms with Gasteiger partial charge in [-0.3, -0.25) is 0 Å². The third kappa shape index (κ3) is 2.27. The van der Waals surface area contributed by atoms with Gasteiger partial charge in [-0.1, -0.05) is 12.1 Å². The highest BCUT2D eigenvalue weighted by atomic mass is 16.5. The lowest BCUT2D eigenvalue weighted by molar-refractivity contribution is 0.416. The zero-order valence-corrected chi connectivity index (χ0v) is 9.68. The van der Waals surface area contributed by atoms with Crippen molar-refractivity contribution in [3.05, 3.63) is 24.3 Å². The molecule has 2 N–H and O–H groups in total. The summed E-state index contributed by atoms with van der Waals surface area (Å²) in [5.41, 5.74) is 6.87. The maximum atomic E-state index is 5.93. The molecular weight excluding hydrogens is 202 g/mol. The molecule has 1 saturated carbocycles. The van der Waals surface area contributed by atoms with E-state index in [1.807, 2.05) is 36.2 Å². The van der Waals surface area contributed by atoms with Crippen molar-refractivity contribution in [3.8, 4) is 5.75 Å². The van der Waals surface area contributed by atoms with E-state index in [0.717, 1.165) is 24.3 Å². The molecule has 4 heteroatoms. The average molecular weight is 219 g/mol. The van der Waals surface area contributed by atoms with Crippen LogP contribution in [-0.4, -0.2) is 26.2 Å². The van der Waals surface area contributed by atoms with Crippen molar-refractivity contribution in [1.82, 2.24) is 0 Å². The summed E-state index contributed by atoms with van der Waals surface area (Å²) in [6, 6.07) is 8.20. The fourth-order valence-corrected chi connectivity index (χ4v) is 1.51. The van der Waals surface area contributed by atoms with Gasteiger partial charge < -0.3 is 15.4 Å². The van der Waals surface area contributed by atoms with Crippen molar-refractivity contribution in [1.29, 1.82) is 0 Å². The topological polar surface area (TPSA) is 50.9 Å². The second kappa shape index (κ2) is 4.43. The zero-order valence-electron chi connectivity index (χ0n) is 9.68. The summed E-state index contributed by atoms with van der Waals surface area (Å²) < 4.78 is 5.29. The van der Waals surface area contributed by atoms with Crippen LogP contribution in [0.2, 0.25) is 0 Å². The van der Waals surface area contributed by atoms with Crippen LogP contribution in [0.25, 0.3) is 0 Å².